The monoisotopic (exact) mass is 294 g/mol. The zero-order chi connectivity index (χ0) is 13.8. The van der Waals surface area contributed by atoms with Crippen LogP contribution < -0.4 is 5.32 Å². The van der Waals surface area contributed by atoms with E-state index in [2.05, 4.69) is 16.4 Å². The van der Waals surface area contributed by atoms with Crippen molar-refractivity contribution in [2.45, 2.75) is 19.4 Å². The van der Waals surface area contributed by atoms with Crippen molar-refractivity contribution < 1.29 is 0 Å². The van der Waals surface area contributed by atoms with Gasteiger partial charge in [-0.05, 0) is 49.7 Å². The Morgan fingerprint density at radius 2 is 1.84 bits per heavy atom. The molecular formula is C15H16Cl2N2. The molecule has 0 amide bonds. The van der Waals surface area contributed by atoms with E-state index in [-0.39, 0.29) is 6.04 Å². The molecule has 1 aromatic heterocycles. The fraction of sp³-hybridized carbons (Fsp3) is 0.267. The summed E-state index contributed by atoms with van der Waals surface area (Å²) in [5.41, 5.74) is 3.15. The minimum absolute atomic E-state index is 0.145. The first-order valence-corrected chi connectivity index (χ1v) is 6.90. The first-order valence-electron chi connectivity index (χ1n) is 6.15. The lowest BCUT2D eigenvalue weighted by atomic mass is 9.98. The van der Waals surface area contributed by atoms with E-state index in [9.17, 15) is 0 Å². The van der Waals surface area contributed by atoms with Crippen LogP contribution in [-0.2, 0) is 6.42 Å². The van der Waals surface area contributed by atoms with Crippen LogP contribution in [0, 0.1) is 6.92 Å². The van der Waals surface area contributed by atoms with Crippen LogP contribution >= 0.6 is 23.2 Å². The second-order valence-corrected chi connectivity index (χ2v) is 5.24. The third-order valence-electron chi connectivity index (χ3n) is 3.24. The zero-order valence-corrected chi connectivity index (χ0v) is 12.5. The van der Waals surface area contributed by atoms with Crippen molar-refractivity contribution in [3.63, 3.8) is 0 Å². The van der Waals surface area contributed by atoms with E-state index in [1.807, 2.05) is 38.2 Å². The van der Waals surface area contributed by atoms with Gasteiger partial charge in [-0.2, -0.15) is 0 Å². The molecule has 0 saturated carbocycles. The fourth-order valence-electron chi connectivity index (χ4n) is 2.16. The maximum absolute atomic E-state index is 6.23. The van der Waals surface area contributed by atoms with Crippen molar-refractivity contribution in [2.24, 2.45) is 0 Å². The normalized spacial score (nSPS) is 12.4. The van der Waals surface area contributed by atoms with Gasteiger partial charge in [-0.25, -0.2) is 0 Å². The summed E-state index contributed by atoms with van der Waals surface area (Å²) in [4.78, 5) is 4.33. The summed E-state index contributed by atoms with van der Waals surface area (Å²) in [7, 11) is 1.93. The first-order chi connectivity index (χ1) is 9.13. The van der Waals surface area contributed by atoms with Crippen LogP contribution in [0.3, 0.4) is 0 Å². The highest BCUT2D eigenvalue weighted by Gasteiger charge is 2.16. The van der Waals surface area contributed by atoms with Crippen molar-refractivity contribution in [1.82, 2.24) is 10.3 Å². The summed E-state index contributed by atoms with van der Waals surface area (Å²) < 4.78 is 0. The third-order valence-corrected chi connectivity index (χ3v) is 3.95. The summed E-state index contributed by atoms with van der Waals surface area (Å²) in [6.45, 7) is 2.01. The van der Waals surface area contributed by atoms with Crippen molar-refractivity contribution in [2.75, 3.05) is 7.05 Å². The van der Waals surface area contributed by atoms with Gasteiger partial charge in [-0.1, -0.05) is 35.3 Å². The molecule has 1 unspecified atom stereocenters. The van der Waals surface area contributed by atoms with Crippen LogP contribution in [0.4, 0.5) is 0 Å². The molecule has 4 heteroatoms. The Morgan fingerprint density at radius 3 is 2.42 bits per heavy atom. The van der Waals surface area contributed by atoms with Crippen LogP contribution in [-0.4, -0.2) is 12.0 Å². The van der Waals surface area contributed by atoms with Gasteiger partial charge in [0.2, 0.25) is 0 Å². The molecule has 0 aliphatic carbocycles. The maximum Gasteiger partial charge on any atom is 0.0453 e. The SMILES string of the molecule is CNC(Cc1c(Cl)cccc1Cl)c1cccnc1C. The standard InChI is InChI=1S/C15H16Cl2N2/c1-10-11(5-4-8-19-10)15(18-2)9-12-13(16)6-3-7-14(12)17/h3-8,15,18H,9H2,1-2H3. The molecule has 1 heterocycles. The number of likely N-dealkylation sites (N-methyl/N-ethyl adjacent to an activating group) is 1. The van der Waals surface area contributed by atoms with Crippen molar-refractivity contribution in [3.05, 3.63) is 63.4 Å². The quantitative estimate of drug-likeness (QED) is 0.914. The minimum Gasteiger partial charge on any atom is -0.313 e. The second-order valence-electron chi connectivity index (χ2n) is 4.42. The lowest BCUT2D eigenvalue weighted by Gasteiger charge is -2.19. The Bertz CT molecular complexity index is 550. The molecule has 0 aliphatic rings. The second kappa shape index (κ2) is 6.38. The number of nitrogens with zero attached hydrogens (tertiary/aromatic N) is 1. The van der Waals surface area contributed by atoms with Gasteiger partial charge in [-0.15, -0.1) is 0 Å². The summed E-state index contributed by atoms with van der Waals surface area (Å²) in [5, 5.41) is 4.71. The predicted octanol–water partition coefficient (Wildman–Crippen LogP) is 4.20. The minimum atomic E-state index is 0.145. The van der Waals surface area contributed by atoms with Gasteiger partial charge in [0.25, 0.3) is 0 Å². The number of nitrogens with one attached hydrogen (secondary N) is 1. The number of halogens is 2. The smallest absolute Gasteiger partial charge is 0.0453 e. The molecule has 1 aromatic carbocycles. The molecule has 2 rings (SSSR count). The summed E-state index contributed by atoms with van der Waals surface area (Å²) in [6, 6.07) is 9.76. The summed E-state index contributed by atoms with van der Waals surface area (Å²) in [6.07, 6.45) is 2.54. The number of rotatable bonds is 4. The van der Waals surface area contributed by atoms with Crippen LogP contribution in [0.15, 0.2) is 36.5 Å². The molecule has 2 nitrogen and oxygen atoms in total. The molecule has 0 saturated heterocycles. The molecule has 19 heavy (non-hydrogen) atoms. The molecule has 1 atom stereocenters. The number of pyridine rings is 1. The molecule has 0 fully saturated rings. The van der Waals surface area contributed by atoms with E-state index >= 15 is 0 Å². The Morgan fingerprint density at radius 1 is 1.16 bits per heavy atom. The fourth-order valence-corrected chi connectivity index (χ4v) is 2.72. The van der Waals surface area contributed by atoms with E-state index in [4.69, 9.17) is 23.2 Å². The third kappa shape index (κ3) is 3.27. The summed E-state index contributed by atoms with van der Waals surface area (Å²) in [5.74, 6) is 0. The van der Waals surface area contributed by atoms with E-state index in [0.29, 0.717) is 10.0 Å². The largest absolute Gasteiger partial charge is 0.313 e. The first kappa shape index (κ1) is 14.3. The molecule has 2 aromatic rings. The van der Waals surface area contributed by atoms with E-state index in [1.165, 1.54) is 5.56 Å². The van der Waals surface area contributed by atoms with Crippen LogP contribution in [0.2, 0.25) is 10.0 Å². The van der Waals surface area contributed by atoms with Gasteiger partial charge in [0.1, 0.15) is 0 Å². The lowest BCUT2D eigenvalue weighted by Crippen LogP contribution is -2.20. The van der Waals surface area contributed by atoms with Crippen molar-refractivity contribution in [1.29, 1.82) is 0 Å². The molecule has 0 spiro atoms. The topological polar surface area (TPSA) is 24.9 Å². The highest BCUT2D eigenvalue weighted by Crippen LogP contribution is 2.29. The van der Waals surface area contributed by atoms with Crippen LogP contribution in [0.25, 0.3) is 0 Å². The average Bonchev–Trinajstić information content (AvgIpc) is 2.40. The van der Waals surface area contributed by atoms with E-state index < -0.39 is 0 Å². The number of hydrogen-bond donors (Lipinski definition) is 1. The Hall–Kier alpha value is -1.09. The number of benzene rings is 1. The average molecular weight is 295 g/mol. The highest BCUT2D eigenvalue weighted by molar-refractivity contribution is 6.36. The number of aromatic nitrogens is 1. The number of aryl methyl sites for hydroxylation is 1. The predicted molar refractivity (Wildman–Crippen MR) is 80.9 cm³/mol. The Balaban J connectivity index is 2.32. The zero-order valence-electron chi connectivity index (χ0n) is 11.0. The van der Waals surface area contributed by atoms with Crippen molar-refractivity contribution >= 4 is 23.2 Å². The van der Waals surface area contributed by atoms with E-state index in [0.717, 1.165) is 17.7 Å². The van der Waals surface area contributed by atoms with Gasteiger partial charge in [0.05, 0.1) is 0 Å². The Labute approximate surface area is 123 Å². The van der Waals surface area contributed by atoms with Crippen molar-refractivity contribution in [3.8, 4) is 0 Å². The van der Waals surface area contributed by atoms with E-state index in [1.54, 1.807) is 6.20 Å². The van der Waals surface area contributed by atoms with Gasteiger partial charge in [0.15, 0.2) is 0 Å². The number of hydrogen-bond acceptors (Lipinski definition) is 2. The van der Waals surface area contributed by atoms with Gasteiger partial charge < -0.3 is 5.32 Å². The van der Waals surface area contributed by atoms with Gasteiger partial charge in [-0.3, -0.25) is 4.98 Å². The molecule has 100 valence electrons. The Kier molecular flexibility index (Phi) is 4.81. The maximum atomic E-state index is 6.23. The lowest BCUT2D eigenvalue weighted by molar-refractivity contribution is 0.586. The van der Waals surface area contributed by atoms with Gasteiger partial charge >= 0.3 is 0 Å². The molecule has 0 bridgehead atoms. The molecule has 0 radical (unpaired) electrons. The molecular weight excluding hydrogens is 279 g/mol. The molecule has 1 N–H and O–H groups in total. The van der Waals surface area contributed by atoms with Crippen LogP contribution in [0.5, 0.6) is 0 Å². The van der Waals surface area contributed by atoms with Crippen LogP contribution in [0.1, 0.15) is 22.9 Å². The highest BCUT2D eigenvalue weighted by atomic mass is 35.5. The molecule has 0 aliphatic heterocycles. The summed E-state index contributed by atoms with van der Waals surface area (Å²) >= 11 is 12.5. The van der Waals surface area contributed by atoms with Gasteiger partial charge in [0, 0.05) is 28.0 Å².